The Labute approximate surface area is 138 Å². The Balaban J connectivity index is 4.64. The van der Waals surface area contributed by atoms with Crippen molar-refractivity contribution in [3.8, 4) is 0 Å². The third kappa shape index (κ3) is 7.61. The van der Waals surface area contributed by atoms with E-state index in [-0.39, 0.29) is 30.7 Å². The molecule has 0 aromatic carbocycles. The Morgan fingerprint density at radius 1 is 1.13 bits per heavy atom. The van der Waals surface area contributed by atoms with E-state index in [4.69, 9.17) is 9.47 Å². The number of rotatable bonds is 12. The second-order valence-corrected chi connectivity index (χ2v) is 6.03. The predicted molar refractivity (Wildman–Crippen MR) is 86.6 cm³/mol. The number of hydrogen-bond acceptors (Lipinski definition) is 6. The second-order valence-electron chi connectivity index (χ2n) is 6.03. The molecule has 134 valence electrons. The highest BCUT2D eigenvalue weighted by Gasteiger charge is 2.33. The fraction of sp³-hybridized carbons (Fsp3) is 0.765. The number of aliphatic hydroxyl groups is 2. The molecule has 6 heteroatoms. The van der Waals surface area contributed by atoms with E-state index in [2.05, 4.69) is 13.5 Å². The summed E-state index contributed by atoms with van der Waals surface area (Å²) >= 11 is 0. The monoisotopic (exact) mass is 330 g/mol. The Morgan fingerprint density at radius 2 is 1.70 bits per heavy atom. The van der Waals surface area contributed by atoms with Crippen molar-refractivity contribution in [2.45, 2.75) is 46.5 Å². The number of carbonyl (C=O) groups is 2. The molecule has 0 bridgehead atoms. The summed E-state index contributed by atoms with van der Waals surface area (Å²) in [6, 6.07) is 0. The van der Waals surface area contributed by atoms with Crippen LogP contribution in [0.2, 0.25) is 0 Å². The van der Waals surface area contributed by atoms with Crippen LogP contribution in [-0.2, 0) is 19.1 Å². The van der Waals surface area contributed by atoms with E-state index in [0.29, 0.717) is 6.42 Å². The topological polar surface area (TPSA) is 93.1 Å². The van der Waals surface area contributed by atoms with Crippen molar-refractivity contribution in [1.82, 2.24) is 0 Å². The van der Waals surface area contributed by atoms with Gasteiger partial charge in [0.15, 0.2) is 0 Å². The average Bonchev–Trinajstić information content (AvgIpc) is 2.55. The Kier molecular flexibility index (Phi) is 10.5. The van der Waals surface area contributed by atoms with Crippen LogP contribution >= 0.6 is 0 Å². The summed E-state index contributed by atoms with van der Waals surface area (Å²) in [5.74, 6) is -1.15. The molecule has 0 spiro atoms. The smallest absolute Gasteiger partial charge is 0.333 e. The predicted octanol–water partition coefficient (Wildman–Crippen LogP) is 1.84. The SMILES string of the molecule is C=C(C)C(=O)OCC(CO)(CO)COC(=O)C(CC)CCCC. The van der Waals surface area contributed by atoms with Gasteiger partial charge >= 0.3 is 11.9 Å². The molecule has 0 rings (SSSR count). The zero-order valence-corrected chi connectivity index (χ0v) is 14.5. The summed E-state index contributed by atoms with van der Waals surface area (Å²) in [6.45, 7) is 7.55. The minimum absolute atomic E-state index is 0.192. The van der Waals surface area contributed by atoms with Gasteiger partial charge in [0.05, 0.1) is 24.5 Å². The first-order valence-electron chi connectivity index (χ1n) is 8.06. The third-order valence-electron chi connectivity index (χ3n) is 3.78. The van der Waals surface area contributed by atoms with E-state index in [1.165, 1.54) is 6.92 Å². The van der Waals surface area contributed by atoms with Crippen molar-refractivity contribution < 1.29 is 29.3 Å². The third-order valence-corrected chi connectivity index (χ3v) is 3.78. The van der Waals surface area contributed by atoms with Crippen LogP contribution in [0.25, 0.3) is 0 Å². The molecule has 0 radical (unpaired) electrons. The zero-order chi connectivity index (χ0) is 17.9. The maximum absolute atomic E-state index is 12.1. The van der Waals surface area contributed by atoms with Gasteiger partial charge in [-0.25, -0.2) is 4.79 Å². The molecule has 6 nitrogen and oxygen atoms in total. The van der Waals surface area contributed by atoms with Crippen LogP contribution in [0.5, 0.6) is 0 Å². The first kappa shape index (κ1) is 21.6. The highest BCUT2D eigenvalue weighted by atomic mass is 16.6. The van der Waals surface area contributed by atoms with Crippen LogP contribution in [0.3, 0.4) is 0 Å². The molecule has 2 N–H and O–H groups in total. The van der Waals surface area contributed by atoms with Crippen molar-refractivity contribution in [2.75, 3.05) is 26.4 Å². The molecule has 0 saturated carbocycles. The Bertz CT molecular complexity index is 387. The summed E-state index contributed by atoms with van der Waals surface area (Å²) in [5, 5.41) is 19.0. The van der Waals surface area contributed by atoms with E-state index < -0.39 is 24.6 Å². The molecular formula is C17H30O6. The fourth-order valence-corrected chi connectivity index (χ4v) is 1.90. The van der Waals surface area contributed by atoms with E-state index in [9.17, 15) is 19.8 Å². The van der Waals surface area contributed by atoms with Gasteiger partial charge in [-0.2, -0.15) is 0 Å². The molecule has 0 aliphatic heterocycles. The number of aliphatic hydroxyl groups excluding tert-OH is 2. The van der Waals surface area contributed by atoms with Crippen LogP contribution in [-0.4, -0.2) is 48.6 Å². The van der Waals surface area contributed by atoms with Gasteiger partial charge in [-0.15, -0.1) is 0 Å². The zero-order valence-electron chi connectivity index (χ0n) is 14.5. The highest BCUT2D eigenvalue weighted by Crippen LogP contribution is 2.20. The van der Waals surface area contributed by atoms with E-state index in [1.807, 2.05) is 6.92 Å². The van der Waals surface area contributed by atoms with Gasteiger partial charge in [-0.05, 0) is 19.8 Å². The fourth-order valence-electron chi connectivity index (χ4n) is 1.90. The summed E-state index contributed by atoms with van der Waals surface area (Å²) in [5.41, 5.74) is -0.985. The average molecular weight is 330 g/mol. The van der Waals surface area contributed by atoms with Gasteiger partial charge < -0.3 is 19.7 Å². The lowest BCUT2D eigenvalue weighted by Gasteiger charge is -2.29. The Morgan fingerprint density at radius 3 is 2.13 bits per heavy atom. The maximum Gasteiger partial charge on any atom is 0.333 e. The number of ether oxygens (including phenoxy) is 2. The maximum atomic E-state index is 12.1. The first-order chi connectivity index (χ1) is 10.9. The van der Waals surface area contributed by atoms with E-state index in [1.54, 1.807) is 0 Å². The van der Waals surface area contributed by atoms with Crippen molar-refractivity contribution in [3.05, 3.63) is 12.2 Å². The normalized spacial score (nSPS) is 12.6. The van der Waals surface area contributed by atoms with Crippen LogP contribution in [0, 0.1) is 11.3 Å². The lowest BCUT2D eigenvalue weighted by atomic mass is 9.92. The van der Waals surface area contributed by atoms with Gasteiger partial charge in [0, 0.05) is 5.57 Å². The van der Waals surface area contributed by atoms with Gasteiger partial charge in [-0.1, -0.05) is 33.3 Å². The van der Waals surface area contributed by atoms with Crippen LogP contribution in [0.15, 0.2) is 12.2 Å². The van der Waals surface area contributed by atoms with Gasteiger partial charge in [-0.3, -0.25) is 4.79 Å². The van der Waals surface area contributed by atoms with Crippen molar-refractivity contribution in [3.63, 3.8) is 0 Å². The second kappa shape index (κ2) is 11.2. The molecule has 1 atom stereocenters. The number of carbonyl (C=O) groups excluding carboxylic acids is 2. The minimum atomic E-state index is -1.20. The minimum Gasteiger partial charge on any atom is -0.465 e. The van der Waals surface area contributed by atoms with Crippen molar-refractivity contribution in [1.29, 1.82) is 0 Å². The molecule has 0 saturated heterocycles. The quantitative estimate of drug-likeness (QED) is 0.419. The van der Waals surface area contributed by atoms with Gasteiger partial charge in [0.25, 0.3) is 0 Å². The summed E-state index contributed by atoms with van der Waals surface area (Å²) in [4.78, 5) is 23.5. The molecule has 0 aliphatic rings. The highest BCUT2D eigenvalue weighted by molar-refractivity contribution is 5.86. The molecular weight excluding hydrogens is 300 g/mol. The van der Waals surface area contributed by atoms with E-state index in [0.717, 1.165) is 19.3 Å². The molecule has 0 fully saturated rings. The van der Waals surface area contributed by atoms with Crippen molar-refractivity contribution in [2.24, 2.45) is 11.3 Å². The number of esters is 2. The first-order valence-corrected chi connectivity index (χ1v) is 8.06. The van der Waals surface area contributed by atoms with E-state index >= 15 is 0 Å². The summed E-state index contributed by atoms with van der Waals surface area (Å²) in [6.07, 6.45) is 3.36. The molecule has 1 unspecified atom stereocenters. The van der Waals surface area contributed by atoms with Gasteiger partial charge in [0.1, 0.15) is 13.2 Å². The molecule has 0 aromatic rings. The summed E-state index contributed by atoms with van der Waals surface area (Å²) in [7, 11) is 0. The molecule has 0 heterocycles. The molecule has 0 aromatic heterocycles. The van der Waals surface area contributed by atoms with Crippen LogP contribution in [0.1, 0.15) is 46.5 Å². The molecule has 0 aliphatic carbocycles. The molecule has 0 amide bonds. The van der Waals surface area contributed by atoms with Gasteiger partial charge in [0.2, 0.25) is 0 Å². The lowest BCUT2D eigenvalue weighted by molar-refractivity contribution is -0.160. The number of hydrogen-bond donors (Lipinski definition) is 2. The Hall–Kier alpha value is -1.40. The standard InChI is InChI=1S/C17H30O6/c1-5-7-8-14(6-2)16(21)23-12-17(9-18,10-19)11-22-15(20)13(3)4/h14,18-19H,3,5-12H2,1-2,4H3. The van der Waals surface area contributed by atoms with Crippen molar-refractivity contribution >= 4 is 11.9 Å². The molecule has 23 heavy (non-hydrogen) atoms. The van der Waals surface area contributed by atoms with Crippen LogP contribution in [0.4, 0.5) is 0 Å². The lowest BCUT2D eigenvalue weighted by Crippen LogP contribution is -2.41. The van der Waals surface area contributed by atoms with Crippen LogP contribution < -0.4 is 0 Å². The largest absolute Gasteiger partial charge is 0.465 e. The number of unbranched alkanes of at least 4 members (excludes halogenated alkanes) is 1. The summed E-state index contributed by atoms with van der Waals surface area (Å²) < 4.78 is 10.2.